The summed E-state index contributed by atoms with van der Waals surface area (Å²) in [5, 5.41) is 9.27. The third kappa shape index (κ3) is 5.57. The van der Waals surface area contributed by atoms with Gasteiger partial charge in [0.1, 0.15) is 17.4 Å². The smallest absolute Gasteiger partial charge is 0.349 e. The number of esters is 1. The van der Waals surface area contributed by atoms with Crippen LogP contribution in [0, 0.1) is 11.3 Å². The standard InChI is InChI=1S/C25H25NO4/c1-29-23-13-7-18(8-14-23)15-22(16-26)25(28)30-17-24(27)21-11-9-20(10-12-21)19-5-3-2-4-6-19/h7-15,19H,2-6,17H2,1H3/b22-15+. The van der Waals surface area contributed by atoms with E-state index in [4.69, 9.17) is 9.47 Å². The minimum atomic E-state index is -0.819. The second-order valence-electron chi connectivity index (χ2n) is 7.40. The molecule has 2 aromatic carbocycles. The van der Waals surface area contributed by atoms with Gasteiger partial charge in [0.15, 0.2) is 12.4 Å². The van der Waals surface area contributed by atoms with E-state index in [9.17, 15) is 14.9 Å². The van der Waals surface area contributed by atoms with E-state index in [1.807, 2.05) is 18.2 Å². The van der Waals surface area contributed by atoms with Crippen LogP contribution >= 0.6 is 0 Å². The lowest BCUT2D eigenvalue weighted by atomic mass is 9.84. The molecule has 0 unspecified atom stereocenters. The number of carbonyl (C=O) groups excluding carboxylic acids is 2. The first-order valence-corrected chi connectivity index (χ1v) is 10.2. The van der Waals surface area contributed by atoms with Crippen LogP contribution in [-0.2, 0) is 9.53 Å². The van der Waals surface area contributed by atoms with Crippen molar-refractivity contribution in [2.45, 2.75) is 38.0 Å². The molecule has 2 aromatic rings. The van der Waals surface area contributed by atoms with Crippen LogP contribution in [0.1, 0.15) is 59.5 Å². The molecule has 0 amide bonds. The fourth-order valence-corrected chi connectivity index (χ4v) is 3.67. The summed E-state index contributed by atoms with van der Waals surface area (Å²) in [5.41, 5.74) is 2.26. The van der Waals surface area contributed by atoms with Crippen LogP contribution in [0.15, 0.2) is 54.1 Å². The summed E-state index contributed by atoms with van der Waals surface area (Å²) >= 11 is 0. The van der Waals surface area contributed by atoms with Crippen molar-refractivity contribution < 1.29 is 19.1 Å². The van der Waals surface area contributed by atoms with Crippen molar-refractivity contribution in [3.63, 3.8) is 0 Å². The van der Waals surface area contributed by atoms with Gasteiger partial charge in [0.25, 0.3) is 0 Å². The van der Waals surface area contributed by atoms with Crippen LogP contribution in [0.2, 0.25) is 0 Å². The highest BCUT2D eigenvalue weighted by molar-refractivity contribution is 6.01. The number of Topliss-reactive ketones (excluding diaryl/α,β-unsaturated/α-hetero) is 1. The van der Waals surface area contributed by atoms with Crippen LogP contribution < -0.4 is 4.74 Å². The van der Waals surface area contributed by atoms with Crippen molar-refractivity contribution in [1.82, 2.24) is 0 Å². The van der Waals surface area contributed by atoms with Crippen molar-refractivity contribution in [1.29, 1.82) is 5.26 Å². The van der Waals surface area contributed by atoms with Crippen LogP contribution in [0.25, 0.3) is 6.08 Å². The lowest BCUT2D eigenvalue weighted by Gasteiger charge is -2.22. The quantitative estimate of drug-likeness (QED) is 0.279. The van der Waals surface area contributed by atoms with Gasteiger partial charge in [-0.05, 0) is 48.1 Å². The third-order valence-corrected chi connectivity index (χ3v) is 5.41. The van der Waals surface area contributed by atoms with Crippen LogP contribution in [0.5, 0.6) is 5.75 Å². The zero-order chi connectivity index (χ0) is 21.3. The average molecular weight is 403 g/mol. The SMILES string of the molecule is COc1ccc(/C=C(\C#N)C(=O)OCC(=O)c2ccc(C3CCCCC3)cc2)cc1. The molecule has 0 spiro atoms. The molecule has 30 heavy (non-hydrogen) atoms. The lowest BCUT2D eigenvalue weighted by molar-refractivity contribution is -0.137. The zero-order valence-corrected chi connectivity index (χ0v) is 17.1. The summed E-state index contributed by atoms with van der Waals surface area (Å²) in [6.45, 7) is -0.400. The molecule has 1 aliphatic rings. The van der Waals surface area contributed by atoms with Crippen molar-refractivity contribution in [3.05, 3.63) is 70.8 Å². The lowest BCUT2D eigenvalue weighted by Crippen LogP contribution is -2.15. The second-order valence-corrected chi connectivity index (χ2v) is 7.40. The normalized spacial score (nSPS) is 14.6. The van der Waals surface area contributed by atoms with Gasteiger partial charge in [0.2, 0.25) is 0 Å². The Balaban J connectivity index is 1.57. The van der Waals surface area contributed by atoms with E-state index >= 15 is 0 Å². The maximum absolute atomic E-state index is 12.4. The van der Waals surface area contributed by atoms with Gasteiger partial charge in [-0.2, -0.15) is 5.26 Å². The highest BCUT2D eigenvalue weighted by Gasteiger charge is 2.17. The van der Waals surface area contributed by atoms with Crippen LogP contribution in [0.4, 0.5) is 0 Å². The molecule has 1 fully saturated rings. The zero-order valence-electron chi connectivity index (χ0n) is 17.1. The molecule has 1 saturated carbocycles. The van der Waals surface area contributed by atoms with E-state index in [-0.39, 0.29) is 11.4 Å². The van der Waals surface area contributed by atoms with Gasteiger partial charge in [0.05, 0.1) is 7.11 Å². The molecule has 0 saturated heterocycles. The van der Waals surface area contributed by atoms with Gasteiger partial charge in [-0.3, -0.25) is 4.79 Å². The molecule has 0 N–H and O–H groups in total. The number of ether oxygens (including phenoxy) is 2. The topological polar surface area (TPSA) is 76.4 Å². The molecule has 5 heteroatoms. The minimum Gasteiger partial charge on any atom is -0.497 e. The number of ketones is 1. The van der Waals surface area contributed by atoms with Crippen molar-refractivity contribution >= 4 is 17.8 Å². The largest absolute Gasteiger partial charge is 0.497 e. The molecule has 5 nitrogen and oxygen atoms in total. The molecule has 0 bridgehead atoms. The Labute approximate surface area is 176 Å². The number of benzene rings is 2. The van der Waals surface area contributed by atoms with Crippen molar-refractivity contribution in [3.8, 4) is 11.8 Å². The number of carbonyl (C=O) groups is 2. The number of nitriles is 1. The van der Waals surface area contributed by atoms with Gasteiger partial charge < -0.3 is 9.47 Å². The predicted molar refractivity (Wildman–Crippen MR) is 114 cm³/mol. The highest BCUT2D eigenvalue weighted by atomic mass is 16.5. The summed E-state index contributed by atoms with van der Waals surface area (Å²) in [7, 11) is 1.56. The summed E-state index contributed by atoms with van der Waals surface area (Å²) < 4.78 is 10.2. The first-order chi connectivity index (χ1) is 14.6. The Morgan fingerprint density at radius 1 is 1.03 bits per heavy atom. The summed E-state index contributed by atoms with van der Waals surface area (Å²) in [5.74, 6) is 0.135. The number of nitrogens with zero attached hydrogens (tertiary/aromatic N) is 1. The number of hydrogen-bond acceptors (Lipinski definition) is 5. The van der Waals surface area contributed by atoms with Gasteiger partial charge in [0, 0.05) is 5.56 Å². The van der Waals surface area contributed by atoms with Gasteiger partial charge in [-0.25, -0.2) is 4.79 Å². The number of methoxy groups -OCH3 is 1. The molecule has 0 heterocycles. The first-order valence-electron chi connectivity index (χ1n) is 10.2. The highest BCUT2D eigenvalue weighted by Crippen LogP contribution is 2.32. The average Bonchev–Trinajstić information content (AvgIpc) is 2.81. The fraction of sp³-hybridized carbons (Fsp3) is 0.320. The Morgan fingerprint density at radius 3 is 2.30 bits per heavy atom. The fourth-order valence-electron chi connectivity index (χ4n) is 3.67. The molecule has 1 aliphatic carbocycles. The van der Waals surface area contributed by atoms with E-state index in [1.54, 1.807) is 43.5 Å². The van der Waals surface area contributed by atoms with Crippen LogP contribution in [0.3, 0.4) is 0 Å². The Morgan fingerprint density at radius 2 is 1.70 bits per heavy atom. The monoisotopic (exact) mass is 403 g/mol. The molecule has 0 atom stereocenters. The Bertz CT molecular complexity index is 946. The minimum absolute atomic E-state index is 0.166. The molecule has 0 aliphatic heterocycles. The van der Waals surface area contributed by atoms with E-state index in [1.165, 1.54) is 43.7 Å². The summed E-state index contributed by atoms with van der Waals surface area (Å²) in [6, 6.07) is 16.3. The Kier molecular flexibility index (Phi) is 7.40. The van der Waals surface area contributed by atoms with Gasteiger partial charge in [-0.1, -0.05) is 55.7 Å². The molecule has 0 aromatic heterocycles. The summed E-state index contributed by atoms with van der Waals surface area (Å²) in [4.78, 5) is 24.6. The molecular formula is C25H25NO4. The van der Waals surface area contributed by atoms with Gasteiger partial charge >= 0.3 is 5.97 Å². The van der Waals surface area contributed by atoms with Crippen molar-refractivity contribution in [2.75, 3.05) is 13.7 Å². The molecule has 154 valence electrons. The molecular weight excluding hydrogens is 378 g/mol. The van der Waals surface area contributed by atoms with E-state index < -0.39 is 12.6 Å². The Hall–Kier alpha value is -3.39. The maximum atomic E-state index is 12.4. The van der Waals surface area contributed by atoms with Crippen LogP contribution in [-0.4, -0.2) is 25.5 Å². The van der Waals surface area contributed by atoms with E-state index in [2.05, 4.69) is 0 Å². The van der Waals surface area contributed by atoms with Crippen molar-refractivity contribution in [2.24, 2.45) is 0 Å². The summed E-state index contributed by atoms with van der Waals surface area (Å²) in [6.07, 6.45) is 7.63. The first kappa shape index (κ1) is 21.3. The van der Waals surface area contributed by atoms with E-state index in [0.717, 1.165) is 0 Å². The molecule has 3 rings (SSSR count). The second kappa shape index (κ2) is 10.4. The number of rotatable bonds is 7. The van der Waals surface area contributed by atoms with E-state index in [0.29, 0.717) is 22.8 Å². The predicted octanol–water partition coefficient (Wildman–Crippen LogP) is 5.08. The molecule has 0 radical (unpaired) electrons. The van der Waals surface area contributed by atoms with Gasteiger partial charge in [-0.15, -0.1) is 0 Å². The maximum Gasteiger partial charge on any atom is 0.349 e. The third-order valence-electron chi connectivity index (χ3n) is 5.41. The number of hydrogen-bond donors (Lipinski definition) is 0.